The summed E-state index contributed by atoms with van der Waals surface area (Å²) in [6, 6.07) is 7.20. The molecule has 0 fully saturated rings. The van der Waals surface area contributed by atoms with E-state index in [4.69, 9.17) is 16.3 Å². The van der Waals surface area contributed by atoms with Crippen molar-refractivity contribution in [3.8, 4) is 5.75 Å². The van der Waals surface area contributed by atoms with Crippen LogP contribution in [-0.4, -0.2) is 27.4 Å². The molecule has 0 bridgehead atoms. The minimum absolute atomic E-state index is 0.196. The molecule has 0 amide bonds. The van der Waals surface area contributed by atoms with E-state index in [1.54, 1.807) is 18.3 Å². The van der Waals surface area contributed by atoms with Crippen LogP contribution in [0.4, 0.5) is 0 Å². The second kappa shape index (κ2) is 5.89. The molecular formula is C13H15ClN2O2. The summed E-state index contributed by atoms with van der Waals surface area (Å²) in [5, 5.41) is 10.4. The molecule has 0 saturated heterocycles. The standard InChI is InChI=1S/C13H15ClN2O2/c1-10-15-6-7-16(10)8-11(17)9-18-13-5-3-2-4-12(13)14/h2-7,11,17H,8-9H2,1H3/t11-/m0/s1. The Labute approximate surface area is 111 Å². The molecule has 0 aliphatic carbocycles. The Bertz CT molecular complexity index is 513. The van der Waals surface area contributed by atoms with Crippen LogP contribution in [0.2, 0.25) is 5.02 Å². The maximum Gasteiger partial charge on any atom is 0.138 e. The van der Waals surface area contributed by atoms with E-state index >= 15 is 0 Å². The molecule has 0 unspecified atom stereocenters. The molecule has 1 atom stereocenters. The molecule has 0 aliphatic rings. The van der Waals surface area contributed by atoms with Crippen molar-refractivity contribution in [1.82, 2.24) is 9.55 Å². The third-order valence-corrected chi connectivity index (χ3v) is 2.91. The fourth-order valence-corrected chi connectivity index (χ4v) is 1.81. The average Bonchev–Trinajstić information content (AvgIpc) is 2.74. The molecule has 0 spiro atoms. The van der Waals surface area contributed by atoms with E-state index in [0.29, 0.717) is 17.3 Å². The topological polar surface area (TPSA) is 47.3 Å². The minimum atomic E-state index is -0.603. The molecule has 0 aliphatic heterocycles. The Morgan fingerprint density at radius 1 is 1.44 bits per heavy atom. The summed E-state index contributed by atoms with van der Waals surface area (Å²) in [5.74, 6) is 1.45. The lowest BCUT2D eigenvalue weighted by Gasteiger charge is -2.14. The number of imidazole rings is 1. The quantitative estimate of drug-likeness (QED) is 0.903. The molecular weight excluding hydrogens is 252 g/mol. The highest BCUT2D eigenvalue weighted by Crippen LogP contribution is 2.23. The molecule has 0 saturated carbocycles. The van der Waals surface area contributed by atoms with E-state index in [9.17, 15) is 5.11 Å². The zero-order valence-electron chi connectivity index (χ0n) is 10.1. The van der Waals surface area contributed by atoms with Crippen molar-refractivity contribution < 1.29 is 9.84 Å². The van der Waals surface area contributed by atoms with Crippen LogP contribution in [-0.2, 0) is 6.54 Å². The maximum absolute atomic E-state index is 9.88. The molecule has 1 heterocycles. The van der Waals surface area contributed by atoms with E-state index in [1.807, 2.05) is 29.8 Å². The van der Waals surface area contributed by atoms with Crippen LogP contribution in [0.5, 0.6) is 5.75 Å². The van der Waals surface area contributed by atoms with Gasteiger partial charge in [-0.25, -0.2) is 4.98 Å². The van der Waals surface area contributed by atoms with E-state index < -0.39 is 6.10 Å². The number of hydrogen-bond donors (Lipinski definition) is 1. The SMILES string of the molecule is Cc1nccn1C[C@H](O)COc1ccccc1Cl. The van der Waals surface area contributed by atoms with Crippen LogP contribution in [0.25, 0.3) is 0 Å². The highest BCUT2D eigenvalue weighted by molar-refractivity contribution is 6.32. The van der Waals surface area contributed by atoms with Crippen molar-refractivity contribution in [1.29, 1.82) is 0 Å². The monoisotopic (exact) mass is 266 g/mol. The van der Waals surface area contributed by atoms with Gasteiger partial charge in [0.25, 0.3) is 0 Å². The first-order valence-electron chi connectivity index (χ1n) is 5.70. The number of nitrogens with zero attached hydrogens (tertiary/aromatic N) is 2. The van der Waals surface area contributed by atoms with Crippen molar-refractivity contribution in [3.05, 3.63) is 47.5 Å². The van der Waals surface area contributed by atoms with E-state index in [0.717, 1.165) is 5.82 Å². The summed E-state index contributed by atoms with van der Waals surface area (Å²) in [6.07, 6.45) is 2.93. The molecule has 18 heavy (non-hydrogen) atoms. The Kier molecular flexibility index (Phi) is 4.23. The lowest BCUT2D eigenvalue weighted by molar-refractivity contribution is 0.0920. The third kappa shape index (κ3) is 3.24. The van der Waals surface area contributed by atoms with E-state index in [1.165, 1.54) is 0 Å². The predicted molar refractivity (Wildman–Crippen MR) is 69.9 cm³/mol. The lowest BCUT2D eigenvalue weighted by atomic mass is 10.3. The van der Waals surface area contributed by atoms with Crippen molar-refractivity contribution in [2.24, 2.45) is 0 Å². The molecule has 1 aromatic heterocycles. The number of aryl methyl sites for hydroxylation is 1. The highest BCUT2D eigenvalue weighted by atomic mass is 35.5. The fourth-order valence-electron chi connectivity index (χ4n) is 1.62. The average molecular weight is 267 g/mol. The Balaban J connectivity index is 1.87. The van der Waals surface area contributed by atoms with E-state index in [2.05, 4.69) is 4.98 Å². The number of aromatic nitrogens is 2. The van der Waals surface area contributed by atoms with E-state index in [-0.39, 0.29) is 6.61 Å². The molecule has 5 heteroatoms. The summed E-state index contributed by atoms with van der Waals surface area (Å²) in [7, 11) is 0. The second-order valence-electron chi connectivity index (χ2n) is 4.02. The molecule has 0 radical (unpaired) electrons. The van der Waals surface area contributed by atoms with Crippen LogP contribution in [0.15, 0.2) is 36.7 Å². The molecule has 1 N–H and O–H groups in total. The van der Waals surface area contributed by atoms with Gasteiger partial charge in [0, 0.05) is 12.4 Å². The normalized spacial score (nSPS) is 12.4. The van der Waals surface area contributed by atoms with Gasteiger partial charge in [0.1, 0.15) is 24.3 Å². The molecule has 1 aromatic carbocycles. The predicted octanol–water partition coefficient (Wildman–Crippen LogP) is 2.28. The smallest absolute Gasteiger partial charge is 0.138 e. The number of para-hydroxylation sites is 1. The summed E-state index contributed by atoms with van der Waals surface area (Å²) < 4.78 is 7.35. The van der Waals surface area contributed by atoms with Gasteiger partial charge < -0.3 is 14.4 Å². The van der Waals surface area contributed by atoms with Crippen LogP contribution in [0.3, 0.4) is 0 Å². The number of benzene rings is 1. The van der Waals surface area contributed by atoms with Gasteiger partial charge in [0.05, 0.1) is 11.6 Å². The summed E-state index contributed by atoms with van der Waals surface area (Å²) in [5.41, 5.74) is 0. The van der Waals surface area contributed by atoms with Gasteiger partial charge in [0.15, 0.2) is 0 Å². The van der Waals surface area contributed by atoms with Gasteiger partial charge in [0.2, 0.25) is 0 Å². The molecule has 4 nitrogen and oxygen atoms in total. The van der Waals surface area contributed by atoms with Gasteiger partial charge >= 0.3 is 0 Å². The van der Waals surface area contributed by atoms with Crippen LogP contribution in [0.1, 0.15) is 5.82 Å². The first-order valence-corrected chi connectivity index (χ1v) is 6.07. The van der Waals surface area contributed by atoms with Gasteiger partial charge in [-0.15, -0.1) is 0 Å². The fraction of sp³-hybridized carbons (Fsp3) is 0.308. The second-order valence-corrected chi connectivity index (χ2v) is 4.43. The number of ether oxygens (including phenoxy) is 1. The Morgan fingerprint density at radius 3 is 2.89 bits per heavy atom. The summed E-state index contributed by atoms with van der Waals surface area (Å²) in [4.78, 5) is 4.09. The van der Waals surface area contributed by atoms with Gasteiger partial charge in [-0.1, -0.05) is 23.7 Å². The summed E-state index contributed by atoms with van der Waals surface area (Å²) in [6.45, 7) is 2.54. The Hall–Kier alpha value is -1.52. The number of rotatable bonds is 5. The molecule has 96 valence electrons. The van der Waals surface area contributed by atoms with Gasteiger partial charge in [-0.2, -0.15) is 0 Å². The van der Waals surface area contributed by atoms with Crippen LogP contribution >= 0.6 is 11.6 Å². The number of aliphatic hydroxyl groups excluding tert-OH is 1. The zero-order valence-corrected chi connectivity index (χ0v) is 10.8. The third-order valence-electron chi connectivity index (χ3n) is 2.60. The lowest BCUT2D eigenvalue weighted by Crippen LogP contribution is -2.23. The largest absolute Gasteiger partial charge is 0.489 e. The first kappa shape index (κ1) is 12.9. The van der Waals surface area contributed by atoms with Crippen molar-refractivity contribution >= 4 is 11.6 Å². The molecule has 2 aromatic rings. The zero-order chi connectivity index (χ0) is 13.0. The van der Waals surface area contributed by atoms with Gasteiger partial charge in [-0.3, -0.25) is 0 Å². The van der Waals surface area contributed by atoms with Gasteiger partial charge in [-0.05, 0) is 19.1 Å². The van der Waals surface area contributed by atoms with Crippen LogP contribution in [0, 0.1) is 6.92 Å². The van der Waals surface area contributed by atoms with Crippen LogP contribution < -0.4 is 4.74 Å². The van der Waals surface area contributed by atoms with Crippen molar-refractivity contribution in [3.63, 3.8) is 0 Å². The maximum atomic E-state index is 9.88. The Morgan fingerprint density at radius 2 is 2.22 bits per heavy atom. The van der Waals surface area contributed by atoms with Crippen molar-refractivity contribution in [2.75, 3.05) is 6.61 Å². The first-order chi connectivity index (χ1) is 8.66. The summed E-state index contributed by atoms with van der Waals surface area (Å²) >= 11 is 5.95. The highest BCUT2D eigenvalue weighted by Gasteiger charge is 2.09. The minimum Gasteiger partial charge on any atom is -0.489 e. The number of halogens is 1. The molecule has 2 rings (SSSR count). The van der Waals surface area contributed by atoms with Crippen molar-refractivity contribution in [2.45, 2.75) is 19.6 Å². The number of aliphatic hydroxyl groups is 1. The number of hydrogen-bond acceptors (Lipinski definition) is 3.